The summed E-state index contributed by atoms with van der Waals surface area (Å²) in [6.07, 6.45) is -0.0969. The number of halogens is 3. The highest BCUT2D eigenvalue weighted by Crippen LogP contribution is 2.29. The molecule has 0 aliphatic carbocycles. The first-order chi connectivity index (χ1) is 15.2. The molecule has 32 heavy (non-hydrogen) atoms. The van der Waals surface area contributed by atoms with Crippen LogP contribution in [0, 0.1) is 17.5 Å². The molecule has 1 aromatic heterocycles. The Bertz CT molecular complexity index is 1100. The first-order valence-corrected chi connectivity index (χ1v) is 9.32. The second-order valence-electron chi connectivity index (χ2n) is 6.80. The number of carbonyl (C=O) groups is 2. The number of nitrogens with one attached hydrogen (secondary N) is 1. The molecule has 1 amide bonds. The number of aliphatic hydroxyl groups is 1. The summed E-state index contributed by atoms with van der Waals surface area (Å²) >= 11 is 0. The van der Waals surface area contributed by atoms with Crippen molar-refractivity contribution in [1.29, 1.82) is 0 Å². The number of benzene rings is 1. The maximum atomic E-state index is 13.8. The predicted molar refractivity (Wildman–Crippen MR) is 102 cm³/mol. The van der Waals surface area contributed by atoms with Crippen LogP contribution in [0.5, 0.6) is 5.75 Å². The van der Waals surface area contributed by atoms with Crippen molar-refractivity contribution in [3.63, 3.8) is 0 Å². The number of amides is 1. The van der Waals surface area contributed by atoms with Crippen molar-refractivity contribution in [3.8, 4) is 5.75 Å². The summed E-state index contributed by atoms with van der Waals surface area (Å²) in [6, 6.07) is 0.0533. The lowest BCUT2D eigenvalue weighted by Gasteiger charge is -2.23. The second kappa shape index (κ2) is 9.40. The molecule has 0 spiro atoms. The molecule has 2 aromatic rings. The van der Waals surface area contributed by atoms with Gasteiger partial charge in [-0.1, -0.05) is 0 Å². The maximum Gasteiger partial charge on any atom is 0.358 e. The molecule has 3 rings (SSSR count). The number of aliphatic hydroxyl groups excluding tert-OH is 1. The molecule has 1 saturated heterocycles. The Hall–Kier alpha value is -3.38. The Morgan fingerprint density at radius 1 is 1.25 bits per heavy atom. The Kier molecular flexibility index (Phi) is 6.84. The summed E-state index contributed by atoms with van der Waals surface area (Å²) in [5.74, 6) is -6.09. The molecular weight excluding hydrogens is 437 g/mol. The number of ether oxygens (including phenoxy) is 3. The molecule has 0 radical (unpaired) electrons. The minimum atomic E-state index is -1.34. The smallest absolute Gasteiger partial charge is 0.358 e. The fourth-order valence-electron chi connectivity index (χ4n) is 3.36. The SMILES string of the molecule is COC(=O)c1c(OC)c(=O)c(C(=O)NCc2c(F)cc(F)cc2F)cn1[C@@H]1CCOC1O. The van der Waals surface area contributed by atoms with Crippen LogP contribution < -0.4 is 15.5 Å². The van der Waals surface area contributed by atoms with E-state index in [0.29, 0.717) is 12.1 Å². The van der Waals surface area contributed by atoms with Crippen molar-refractivity contribution < 1.29 is 42.1 Å². The molecule has 1 unspecified atom stereocenters. The number of methoxy groups -OCH3 is 2. The molecular formula is C20H19F3N2O7. The first kappa shape index (κ1) is 23.3. The number of hydrogen-bond donors (Lipinski definition) is 2. The van der Waals surface area contributed by atoms with Crippen LogP contribution in [0.4, 0.5) is 13.2 Å². The van der Waals surface area contributed by atoms with Crippen LogP contribution in [0.25, 0.3) is 0 Å². The van der Waals surface area contributed by atoms with Gasteiger partial charge >= 0.3 is 5.97 Å². The number of nitrogens with zero attached hydrogens (tertiary/aromatic N) is 1. The Balaban J connectivity index is 2.03. The predicted octanol–water partition coefficient (Wildman–Crippen LogP) is 1.27. The highest BCUT2D eigenvalue weighted by Gasteiger charge is 2.34. The largest absolute Gasteiger partial charge is 0.491 e. The number of carbonyl (C=O) groups excluding carboxylic acids is 2. The molecule has 1 aromatic carbocycles. The summed E-state index contributed by atoms with van der Waals surface area (Å²) in [6.45, 7) is -0.544. The average molecular weight is 456 g/mol. The first-order valence-electron chi connectivity index (χ1n) is 9.32. The molecule has 2 N–H and O–H groups in total. The fourth-order valence-corrected chi connectivity index (χ4v) is 3.36. The van der Waals surface area contributed by atoms with Crippen molar-refractivity contribution >= 4 is 11.9 Å². The zero-order chi connectivity index (χ0) is 23.6. The number of esters is 1. The van der Waals surface area contributed by atoms with E-state index >= 15 is 0 Å². The molecule has 172 valence electrons. The van der Waals surface area contributed by atoms with Gasteiger partial charge in [0.1, 0.15) is 23.0 Å². The van der Waals surface area contributed by atoms with Gasteiger partial charge in [-0.25, -0.2) is 18.0 Å². The van der Waals surface area contributed by atoms with Gasteiger partial charge in [-0.05, 0) is 6.42 Å². The molecule has 2 atom stereocenters. The lowest BCUT2D eigenvalue weighted by molar-refractivity contribution is -0.0789. The van der Waals surface area contributed by atoms with Crippen LogP contribution in [0.2, 0.25) is 0 Å². The third kappa shape index (κ3) is 4.32. The number of aromatic nitrogens is 1. The van der Waals surface area contributed by atoms with Crippen molar-refractivity contribution in [1.82, 2.24) is 9.88 Å². The van der Waals surface area contributed by atoms with Crippen LogP contribution in [0.15, 0.2) is 23.1 Å². The molecule has 2 heterocycles. The molecule has 1 aliphatic heterocycles. The van der Waals surface area contributed by atoms with E-state index in [0.717, 1.165) is 25.0 Å². The molecule has 1 fully saturated rings. The average Bonchev–Trinajstić information content (AvgIpc) is 3.17. The monoisotopic (exact) mass is 456 g/mol. The molecule has 1 aliphatic rings. The standard InChI is InChI=1S/C20H19F3N2O7/c1-30-17-15(20(29)31-2)25(14-3-4-32-19(14)28)8-11(16(17)26)18(27)24-7-10-12(22)5-9(21)6-13(10)23/h5-6,8,14,19,28H,3-4,7H2,1-2H3,(H,24,27)/t14-,19?/m1/s1. The van der Waals surface area contributed by atoms with Crippen molar-refractivity contribution in [3.05, 3.63) is 62.8 Å². The summed E-state index contributed by atoms with van der Waals surface area (Å²) in [5, 5.41) is 12.3. The van der Waals surface area contributed by atoms with Crippen molar-refractivity contribution in [2.24, 2.45) is 0 Å². The summed E-state index contributed by atoms with van der Waals surface area (Å²) in [7, 11) is 2.17. The van der Waals surface area contributed by atoms with Crippen LogP contribution in [0.1, 0.15) is 38.9 Å². The minimum Gasteiger partial charge on any atom is -0.491 e. The van der Waals surface area contributed by atoms with Crippen LogP contribution in [-0.2, 0) is 16.0 Å². The van der Waals surface area contributed by atoms with Gasteiger partial charge in [0.15, 0.2) is 17.7 Å². The number of rotatable bonds is 6. The lowest BCUT2D eigenvalue weighted by atomic mass is 10.1. The van der Waals surface area contributed by atoms with Gasteiger partial charge in [-0.2, -0.15) is 0 Å². The van der Waals surface area contributed by atoms with Gasteiger partial charge < -0.3 is 29.2 Å². The van der Waals surface area contributed by atoms with Gasteiger partial charge in [0.2, 0.25) is 5.43 Å². The van der Waals surface area contributed by atoms with E-state index in [2.05, 4.69) is 5.32 Å². The van der Waals surface area contributed by atoms with Crippen LogP contribution >= 0.6 is 0 Å². The molecule has 0 bridgehead atoms. The highest BCUT2D eigenvalue weighted by molar-refractivity contribution is 5.96. The third-order valence-corrected chi connectivity index (χ3v) is 4.94. The van der Waals surface area contributed by atoms with Gasteiger partial charge in [-0.3, -0.25) is 9.59 Å². The van der Waals surface area contributed by atoms with E-state index in [1.54, 1.807) is 0 Å². The second-order valence-corrected chi connectivity index (χ2v) is 6.80. The van der Waals surface area contributed by atoms with Gasteiger partial charge in [0.25, 0.3) is 5.91 Å². The van der Waals surface area contributed by atoms with E-state index in [1.165, 1.54) is 0 Å². The van der Waals surface area contributed by atoms with E-state index in [4.69, 9.17) is 14.2 Å². The number of hydrogen-bond acceptors (Lipinski definition) is 7. The Morgan fingerprint density at radius 3 is 2.44 bits per heavy atom. The number of pyridine rings is 1. The summed E-state index contributed by atoms with van der Waals surface area (Å²) < 4.78 is 56.7. The molecule has 12 heteroatoms. The minimum absolute atomic E-state index is 0.144. The van der Waals surface area contributed by atoms with Crippen LogP contribution in [-0.4, -0.2) is 48.7 Å². The summed E-state index contributed by atoms with van der Waals surface area (Å²) in [5.41, 5.74) is -2.48. The highest BCUT2D eigenvalue weighted by atomic mass is 19.1. The Morgan fingerprint density at radius 2 is 1.91 bits per heavy atom. The molecule has 9 nitrogen and oxygen atoms in total. The van der Waals surface area contributed by atoms with Crippen molar-refractivity contribution in [2.45, 2.75) is 25.3 Å². The fraction of sp³-hybridized carbons (Fsp3) is 0.350. The third-order valence-electron chi connectivity index (χ3n) is 4.94. The van der Waals surface area contributed by atoms with Gasteiger partial charge in [0, 0.05) is 30.4 Å². The topological polar surface area (TPSA) is 116 Å². The lowest BCUT2D eigenvalue weighted by Crippen LogP contribution is -2.34. The van der Waals surface area contributed by atoms with Crippen LogP contribution in [0.3, 0.4) is 0 Å². The van der Waals surface area contributed by atoms with E-state index in [1.807, 2.05) is 0 Å². The molecule has 0 saturated carbocycles. The van der Waals surface area contributed by atoms with E-state index in [-0.39, 0.29) is 18.7 Å². The van der Waals surface area contributed by atoms with E-state index < -0.39 is 70.5 Å². The maximum absolute atomic E-state index is 13.8. The van der Waals surface area contributed by atoms with Gasteiger partial charge in [-0.15, -0.1) is 0 Å². The quantitative estimate of drug-likeness (QED) is 0.629. The summed E-state index contributed by atoms with van der Waals surface area (Å²) in [4.78, 5) is 37.8. The Labute approximate surface area is 179 Å². The zero-order valence-corrected chi connectivity index (χ0v) is 17.0. The zero-order valence-electron chi connectivity index (χ0n) is 17.0. The normalized spacial score (nSPS) is 17.8. The van der Waals surface area contributed by atoms with Crippen molar-refractivity contribution in [2.75, 3.05) is 20.8 Å². The van der Waals surface area contributed by atoms with E-state index in [9.17, 15) is 32.7 Å². The van der Waals surface area contributed by atoms with Gasteiger partial charge in [0.05, 0.1) is 26.9 Å².